The first kappa shape index (κ1) is 22.7. The summed E-state index contributed by atoms with van der Waals surface area (Å²) < 4.78 is 1.96. The van der Waals surface area contributed by atoms with E-state index in [-0.39, 0.29) is 6.04 Å². The normalized spacial score (nSPS) is 15.9. The number of rotatable bonds is 8. The predicted molar refractivity (Wildman–Crippen MR) is 137 cm³/mol. The van der Waals surface area contributed by atoms with Crippen LogP contribution in [0, 0.1) is 0 Å². The van der Waals surface area contributed by atoms with E-state index in [1.54, 1.807) is 11.3 Å². The molecule has 7 nitrogen and oxygen atoms in total. The van der Waals surface area contributed by atoms with Gasteiger partial charge in [0.1, 0.15) is 0 Å². The van der Waals surface area contributed by atoms with Gasteiger partial charge in [-0.25, -0.2) is 4.68 Å². The van der Waals surface area contributed by atoms with Gasteiger partial charge in [-0.15, -0.1) is 16.4 Å². The first-order valence-corrected chi connectivity index (χ1v) is 12.6. The number of benzene rings is 2. The van der Waals surface area contributed by atoms with Gasteiger partial charge in [0, 0.05) is 57.4 Å². The van der Waals surface area contributed by atoms with Crippen molar-refractivity contribution in [1.29, 1.82) is 0 Å². The molecule has 8 heteroatoms. The highest BCUT2D eigenvalue weighted by molar-refractivity contribution is 7.09. The highest BCUT2D eigenvalue weighted by atomic mass is 32.1. The van der Waals surface area contributed by atoms with Gasteiger partial charge in [-0.2, -0.15) is 0 Å². The van der Waals surface area contributed by atoms with Crippen molar-refractivity contribution < 1.29 is 0 Å². The van der Waals surface area contributed by atoms with E-state index in [4.69, 9.17) is 0 Å². The zero-order chi connectivity index (χ0) is 23.3. The van der Waals surface area contributed by atoms with Crippen LogP contribution in [0.5, 0.6) is 0 Å². The molecule has 0 spiro atoms. The Kier molecular flexibility index (Phi) is 6.99. The number of aromatic nitrogens is 4. The lowest BCUT2D eigenvalue weighted by Crippen LogP contribution is -2.48. The summed E-state index contributed by atoms with van der Waals surface area (Å²) in [5, 5.41) is 15.1. The summed E-state index contributed by atoms with van der Waals surface area (Å²) in [6.45, 7) is 5.67. The van der Waals surface area contributed by atoms with Crippen LogP contribution >= 0.6 is 11.3 Å². The lowest BCUT2D eigenvalue weighted by Gasteiger charge is -2.39. The minimum atomic E-state index is 0.0186. The van der Waals surface area contributed by atoms with E-state index >= 15 is 0 Å². The standard InChI is InChI=1S/C26H31N7S/c1-30(2)23-12-10-22(11-13-23)25(26-27-28-29-33(26)20-24-9-6-18-34-24)32-16-14-31(15-17-32)19-21-7-4-3-5-8-21/h3-13,18,25H,14-17,19-20H2,1-2H3/t25-/m1/s1. The summed E-state index contributed by atoms with van der Waals surface area (Å²) in [7, 11) is 4.14. The summed E-state index contributed by atoms with van der Waals surface area (Å²) in [5.41, 5.74) is 3.78. The highest BCUT2D eigenvalue weighted by Crippen LogP contribution is 2.30. The quantitative estimate of drug-likeness (QED) is 0.389. The zero-order valence-corrected chi connectivity index (χ0v) is 20.6. The summed E-state index contributed by atoms with van der Waals surface area (Å²) in [4.78, 5) is 8.44. The lowest BCUT2D eigenvalue weighted by molar-refractivity contribution is 0.100. The molecule has 1 atom stereocenters. The molecule has 0 unspecified atom stereocenters. The van der Waals surface area contributed by atoms with Crippen LogP contribution in [-0.4, -0.2) is 70.3 Å². The number of hydrogen-bond donors (Lipinski definition) is 0. The maximum atomic E-state index is 4.53. The molecule has 4 aromatic rings. The van der Waals surface area contributed by atoms with E-state index in [1.807, 2.05) is 4.68 Å². The van der Waals surface area contributed by atoms with Crippen LogP contribution in [0.15, 0.2) is 72.1 Å². The second-order valence-corrected chi connectivity index (χ2v) is 9.99. The van der Waals surface area contributed by atoms with Crippen LogP contribution in [-0.2, 0) is 13.1 Å². The van der Waals surface area contributed by atoms with Gasteiger partial charge in [0.25, 0.3) is 0 Å². The van der Waals surface area contributed by atoms with E-state index in [2.05, 4.69) is 116 Å². The first-order valence-electron chi connectivity index (χ1n) is 11.7. The minimum Gasteiger partial charge on any atom is -0.378 e. The Morgan fingerprint density at radius 2 is 1.65 bits per heavy atom. The summed E-state index contributed by atoms with van der Waals surface area (Å²) in [5.74, 6) is 0.905. The molecule has 3 heterocycles. The fourth-order valence-electron chi connectivity index (χ4n) is 4.57. The zero-order valence-electron chi connectivity index (χ0n) is 19.8. The van der Waals surface area contributed by atoms with Crippen LogP contribution in [0.1, 0.15) is 27.9 Å². The second kappa shape index (κ2) is 10.5. The first-order chi connectivity index (χ1) is 16.7. The van der Waals surface area contributed by atoms with Crippen LogP contribution < -0.4 is 4.90 Å². The van der Waals surface area contributed by atoms with Gasteiger partial charge < -0.3 is 4.90 Å². The molecule has 5 rings (SSSR count). The van der Waals surface area contributed by atoms with Gasteiger partial charge in [-0.1, -0.05) is 48.5 Å². The average molecular weight is 474 g/mol. The lowest BCUT2D eigenvalue weighted by atomic mass is 10.0. The molecular formula is C26H31N7S. The van der Waals surface area contributed by atoms with E-state index in [0.29, 0.717) is 6.54 Å². The molecule has 1 aliphatic heterocycles. The van der Waals surface area contributed by atoms with Crippen LogP contribution in [0.3, 0.4) is 0 Å². The van der Waals surface area contributed by atoms with E-state index in [9.17, 15) is 0 Å². The van der Waals surface area contributed by atoms with Gasteiger partial charge in [0.15, 0.2) is 5.82 Å². The average Bonchev–Trinajstić information content (AvgIpc) is 3.54. The third kappa shape index (κ3) is 5.19. The second-order valence-electron chi connectivity index (χ2n) is 8.96. The number of anilines is 1. The summed E-state index contributed by atoms with van der Waals surface area (Å²) in [6.07, 6.45) is 0. The third-order valence-electron chi connectivity index (χ3n) is 6.44. The van der Waals surface area contributed by atoms with Crippen molar-refractivity contribution in [2.24, 2.45) is 0 Å². The fourth-order valence-corrected chi connectivity index (χ4v) is 5.26. The van der Waals surface area contributed by atoms with Gasteiger partial charge in [0.05, 0.1) is 12.6 Å². The molecule has 1 saturated heterocycles. The van der Waals surface area contributed by atoms with Crippen LogP contribution in [0.25, 0.3) is 0 Å². The van der Waals surface area contributed by atoms with Crippen molar-refractivity contribution in [3.63, 3.8) is 0 Å². The SMILES string of the molecule is CN(C)c1ccc([C@H](c2nnnn2Cc2cccs2)N2CCN(Cc3ccccc3)CC2)cc1. The molecule has 34 heavy (non-hydrogen) atoms. The smallest absolute Gasteiger partial charge is 0.173 e. The van der Waals surface area contributed by atoms with Gasteiger partial charge in [-0.3, -0.25) is 9.80 Å². The summed E-state index contributed by atoms with van der Waals surface area (Å²) >= 11 is 1.74. The monoisotopic (exact) mass is 473 g/mol. The molecule has 2 aromatic heterocycles. The molecule has 0 aliphatic carbocycles. The van der Waals surface area contributed by atoms with Crippen molar-refractivity contribution in [3.8, 4) is 0 Å². The Balaban J connectivity index is 1.39. The van der Waals surface area contributed by atoms with Crippen molar-refractivity contribution in [2.45, 2.75) is 19.1 Å². The van der Waals surface area contributed by atoms with Crippen LogP contribution in [0.2, 0.25) is 0 Å². The number of hydrogen-bond acceptors (Lipinski definition) is 7. The minimum absolute atomic E-state index is 0.0186. The van der Waals surface area contributed by atoms with Crippen molar-refractivity contribution >= 4 is 17.0 Å². The topological polar surface area (TPSA) is 53.3 Å². The van der Waals surface area contributed by atoms with E-state index in [0.717, 1.165) is 38.5 Å². The molecule has 0 saturated carbocycles. The van der Waals surface area contributed by atoms with Gasteiger partial charge >= 0.3 is 0 Å². The number of thiophene rings is 1. The van der Waals surface area contributed by atoms with Gasteiger partial charge in [0.2, 0.25) is 0 Å². The highest BCUT2D eigenvalue weighted by Gasteiger charge is 2.30. The number of nitrogens with zero attached hydrogens (tertiary/aromatic N) is 7. The molecule has 1 aliphatic rings. The fraction of sp³-hybridized carbons (Fsp3) is 0.346. The van der Waals surface area contributed by atoms with Crippen molar-refractivity contribution in [3.05, 3.63) is 93.9 Å². The van der Waals surface area contributed by atoms with E-state index in [1.165, 1.54) is 21.7 Å². The van der Waals surface area contributed by atoms with Crippen LogP contribution in [0.4, 0.5) is 5.69 Å². The maximum absolute atomic E-state index is 4.53. The Morgan fingerprint density at radius 3 is 2.32 bits per heavy atom. The van der Waals surface area contributed by atoms with Crippen molar-refractivity contribution in [1.82, 2.24) is 30.0 Å². The Hall–Kier alpha value is -3.07. The number of tetrazole rings is 1. The van der Waals surface area contributed by atoms with Crippen molar-refractivity contribution in [2.75, 3.05) is 45.2 Å². The molecule has 0 radical (unpaired) electrons. The van der Waals surface area contributed by atoms with Gasteiger partial charge in [-0.05, 0) is 45.1 Å². The molecule has 0 amide bonds. The Bertz CT molecular complexity index is 1150. The molecular weight excluding hydrogens is 442 g/mol. The molecule has 2 aromatic carbocycles. The third-order valence-corrected chi connectivity index (χ3v) is 7.30. The van der Waals surface area contributed by atoms with E-state index < -0.39 is 0 Å². The maximum Gasteiger partial charge on any atom is 0.173 e. The number of piperazine rings is 1. The molecule has 1 fully saturated rings. The Labute approximate surface area is 205 Å². The Morgan fingerprint density at radius 1 is 0.882 bits per heavy atom. The largest absolute Gasteiger partial charge is 0.378 e. The summed E-state index contributed by atoms with van der Waals surface area (Å²) in [6, 6.07) is 23.8. The molecule has 0 N–H and O–H groups in total. The molecule has 176 valence electrons. The molecule has 0 bridgehead atoms. The predicted octanol–water partition coefficient (Wildman–Crippen LogP) is 3.76.